The van der Waals surface area contributed by atoms with Gasteiger partial charge in [0.1, 0.15) is 5.75 Å². The Morgan fingerprint density at radius 1 is 1.08 bits per heavy atom. The number of nitrogens with zero attached hydrogens (tertiary/aromatic N) is 2. The Hall–Kier alpha value is -2.53. The number of benzene rings is 2. The largest absolute Gasteiger partial charge is 0.497 e. The van der Waals surface area contributed by atoms with Gasteiger partial charge in [-0.05, 0) is 37.4 Å². The summed E-state index contributed by atoms with van der Waals surface area (Å²) in [5, 5.41) is 6.76. The molecule has 1 atom stereocenters. The van der Waals surface area contributed by atoms with Crippen molar-refractivity contribution in [2.75, 3.05) is 34.8 Å². The van der Waals surface area contributed by atoms with Gasteiger partial charge in [-0.3, -0.25) is 4.99 Å². The van der Waals surface area contributed by atoms with E-state index in [1.54, 1.807) is 14.2 Å². The highest BCUT2D eigenvalue weighted by Crippen LogP contribution is 2.16. The molecule has 2 aromatic rings. The molecule has 0 amide bonds. The molecule has 5 heteroatoms. The number of nitrogens with one attached hydrogen (secondary N) is 2. The second kappa shape index (κ2) is 9.69. The fourth-order valence-electron chi connectivity index (χ4n) is 2.66. The maximum absolute atomic E-state index is 5.26. The molecule has 0 radical (unpaired) electrons. The first-order valence-corrected chi connectivity index (χ1v) is 8.43. The minimum Gasteiger partial charge on any atom is -0.497 e. The number of likely N-dealkylation sites (N-methyl/N-ethyl adjacent to an activating group) is 1. The topological polar surface area (TPSA) is 48.9 Å². The van der Waals surface area contributed by atoms with E-state index in [4.69, 9.17) is 4.74 Å². The Kier molecular flexibility index (Phi) is 7.29. The molecule has 0 aliphatic carbocycles. The number of rotatable bonds is 7. The van der Waals surface area contributed by atoms with Crippen LogP contribution in [0.15, 0.2) is 59.6 Å². The fraction of sp³-hybridized carbons (Fsp3) is 0.350. The van der Waals surface area contributed by atoms with E-state index in [-0.39, 0.29) is 6.04 Å². The van der Waals surface area contributed by atoms with Crippen molar-refractivity contribution in [2.24, 2.45) is 4.99 Å². The molecule has 134 valence electrons. The van der Waals surface area contributed by atoms with Gasteiger partial charge in [-0.2, -0.15) is 0 Å². The number of guanidine groups is 1. The second-order valence-electron chi connectivity index (χ2n) is 6.05. The zero-order valence-electron chi connectivity index (χ0n) is 15.5. The third-order valence-electron chi connectivity index (χ3n) is 4.09. The van der Waals surface area contributed by atoms with Gasteiger partial charge in [0.2, 0.25) is 0 Å². The van der Waals surface area contributed by atoms with Crippen molar-refractivity contribution in [3.63, 3.8) is 0 Å². The summed E-state index contributed by atoms with van der Waals surface area (Å²) >= 11 is 0. The number of ether oxygens (including phenoxy) is 1. The summed E-state index contributed by atoms with van der Waals surface area (Å²) < 4.78 is 5.26. The maximum Gasteiger partial charge on any atom is 0.191 e. The molecule has 0 heterocycles. The van der Waals surface area contributed by atoms with Crippen molar-refractivity contribution < 1.29 is 4.74 Å². The van der Waals surface area contributed by atoms with Crippen LogP contribution in [-0.2, 0) is 6.54 Å². The van der Waals surface area contributed by atoms with Gasteiger partial charge < -0.3 is 20.3 Å². The van der Waals surface area contributed by atoms with Gasteiger partial charge in [0.25, 0.3) is 0 Å². The summed E-state index contributed by atoms with van der Waals surface area (Å²) in [5.41, 5.74) is 2.43. The second-order valence-corrected chi connectivity index (χ2v) is 6.05. The summed E-state index contributed by atoms with van der Waals surface area (Å²) in [4.78, 5) is 6.52. The first kappa shape index (κ1) is 18.8. The quantitative estimate of drug-likeness (QED) is 0.601. The van der Waals surface area contributed by atoms with Crippen molar-refractivity contribution in [3.05, 3.63) is 65.7 Å². The number of hydrogen-bond acceptors (Lipinski definition) is 3. The third kappa shape index (κ3) is 5.80. The lowest BCUT2D eigenvalue weighted by Crippen LogP contribution is -2.41. The lowest BCUT2D eigenvalue weighted by atomic mass is 10.1. The van der Waals surface area contributed by atoms with Crippen LogP contribution in [0, 0.1) is 0 Å². The van der Waals surface area contributed by atoms with Crippen LogP contribution in [0.25, 0.3) is 0 Å². The molecule has 0 aliphatic heterocycles. The SMILES string of the molecule is CN=C(NCc1cccc(OC)c1)NCC(c1ccccc1)N(C)C. The van der Waals surface area contributed by atoms with Gasteiger partial charge in [-0.25, -0.2) is 0 Å². The van der Waals surface area contributed by atoms with Gasteiger partial charge in [-0.1, -0.05) is 42.5 Å². The molecular weight excluding hydrogens is 312 g/mol. The normalized spacial score (nSPS) is 12.8. The van der Waals surface area contributed by atoms with Crippen LogP contribution in [0.1, 0.15) is 17.2 Å². The maximum atomic E-state index is 5.26. The Morgan fingerprint density at radius 3 is 2.48 bits per heavy atom. The van der Waals surface area contributed by atoms with Crippen molar-refractivity contribution in [3.8, 4) is 5.75 Å². The lowest BCUT2D eigenvalue weighted by molar-refractivity contribution is 0.298. The van der Waals surface area contributed by atoms with Crippen LogP contribution < -0.4 is 15.4 Å². The summed E-state index contributed by atoms with van der Waals surface area (Å²) in [6, 6.07) is 18.8. The number of methoxy groups -OCH3 is 1. The number of hydrogen-bond donors (Lipinski definition) is 2. The molecule has 0 aliphatic rings. The lowest BCUT2D eigenvalue weighted by Gasteiger charge is -2.26. The molecule has 0 spiro atoms. The van der Waals surface area contributed by atoms with Crippen molar-refractivity contribution >= 4 is 5.96 Å². The Balaban J connectivity index is 1.92. The molecule has 2 rings (SSSR count). The molecule has 25 heavy (non-hydrogen) atoms. The molecule has 0 saturated heterocycles. The predicted octanol–water partition coefficient (Wildman–Crippen LogP) is 2.66. The van der Waals surface area contributed by atoms with Crippen LogP contribution in [-0.4, -0.2) is 45.7 Å². The van der Waals surface area contributed by atoms with E-state index < -0.39 is 0 Å². The first-order valence-electron chi connectivity index (χ1n) is 8.43. The van der Waals surface area contributed by atoms with E-state index in [2.05, 4.69) is 65.0 Å². The van der Waals surface area contributed by atoms with E-state index >= 15 is 0 Å². The number of aliphatic imine (C=N–C) groups is 1. The van der Waals surface area contributed by atoms with Gasteiger partial charge >= 0.3 is 0 Å². The van der Waals surface area contributed by atoms with Crippen LogP contribution in [0.3, 0.4) is 0 Å². The molecule has 0 fully saturated rings. The molecule has 2 aromatic carbocycles. The molecular formula is C20H28N4O. The van der Waals surface area contributed by atoms with Crippen molar-refractivity contribution in [2.45, 2.75) is 12.6 Å². The van der Waals surface area contributed by atoms with Crippen LogP contribution in [0.5, 0.6) is 5.75 Å². The van der Waals surface area contributed by atoms with Gasteiger partial charge in [0, 0.05) is 20.1 Å². The highest BCUT2D eigenvalue weighted by Gasteiger charge is 2.14. The Bertz CT molecular complexity index is 670. The Labute approximate surface area is 150 Å². The van der Waals surface area contributed by atoms with Crippen LogP contribution in [0.2, 0.25) is 0 Å². The average molecular weight is 340 g/mol. The molecule has 0 saturated carbocycles. The van der Waals surface area contributed by atoms with E-state index in [1.807, 2.05) is 24.3 Å². The monoisotopic (exact) mass is 340 g/mol. The molecule has 0 bridgehead atoms. The van der Waals surface area contributed by atoms with Gasteiger partial charge in [0.15, 0.2) is 5.96 Å². The molecule has 0 aromatic heterocycles. The summed E-state index contributed by atoms with van der Waals surface area (Å²) in [6.45, 7) is 1.46. The smallest absolute Gasteiger partial charge is 0.191 e. The van der Waals surface area contributed by atoms with Crippen molar-refractivity contribution in [1.29, 1.82) is 0 Å². The minimum absolute atomic E-state index is 0.275. The highest BCUT2D eigenvalue weighted by molar-refractivity contribution is 5.79. The van der Waals surface area contributed by atoms with Crippen LogP contribution in [0.4, 0.5) is 0 Å². The van der Waals surface area contributed by atoms with Gasteiger partial charge in [0.05, 0.1) is 13.2 Å². The van der Waals surface area contributed by atoms with E-state index in [1.165, 1.54) is 5.56 Å². The fourth-order valence-corrected chi connectivity index (χ4v) is 2.66. The minimum atomic E-state index is 0.275. The molecule has 5 nitrogen and oxygen atoms in total. The van der Waals surface area contributed by atoms with Gasteiger partial charge in [-0.15, -0.1) is 0 Å². The summed E-state index contributed by atoms with van der Waals surface area (Å²) in [5.74, 6) is 1.64. The highest BCUT2D eigenvalue weighted by atomic mass is 16.5. The molecule has 1 unspecified atom stereocenters. The standard InChI is InChI=1S/C20H28N4O/c1-21-20(22-14-16-9-8-12-18(13-16)25-4)23-15-19(24(2)3)17-10-6-5-7-11-17/h5-13,19H,14-15H2,1-4H3,(H2,21,22,23). The Morgan fingerprint density at radius 2 is 1.84 bits per heavy atom. The summed E-state index contributed by atoms with van der Waals surface area (Å²) in [6.07, 6.45) is 0. The summed E-state index contributed by atoms with van der Waals surface area (Å²) in [7, 11) is 7.64. The average Bonchev–Trinajstić information content (AvgIpc) is 2.65. The van der Waals surface area contributed by atoms with E-state index in [9.17, 15) is 0 Å². The van der Waals surface area contributed by atoms with E-state index in [0.29, 0.717) is 6.54 Å². The zero-order chi connectivity index (χ0) is 18.1. The predicted molar refractivity (Wildman–Crippen MR) is 104 cm³/mol. The molecule has 2 N–H and O–H groups in total. The van der Waals surface area contributed by atoms with Crippen LogP contribution >= 0.6 is 0 Å². The zero-order valence-corrected chi connectivity index (χ0v) is 15.5. The van der Waals surface area contributed by atoms with Crippen molar-refractivity contribution in [1.82, 2.24) is 15.5 Å². The third-order valence-corrected chi connectivity index (χ3v) is 4.09. The van der Waals surface area contributed by atoms with E-state index in [0.717, 1.165) is 23.8 Å². The first-order chi connectivity index (χ1) is 12.1.